The minimum Gasteiger partial charge on any atom is -0.543 e. The number of rotatable bonds is 5. The van der Waals surface area contributed by atoms with Gasteiger partial charge in [-0.1, -0.05) is 0 Å². The van der Waals surface area contributed by atoms with Crippen molar-refractivity contribution in [1.29, 1.82) is 0 Å². The molecule has 4 N–H and O–H groups in total. The molecule has 0 aliphatic carbocycles. The van der Waals surface area contributed by atoms with E-state index >= 15 is 0 Å². The zero-order chi connectivity index (χ0) is 17.4. The summed E-state index contributed by atoms with van der Waals surface area (Å²) in [5, 5.41) is 24.5. The number of aliphatic carboxylic acids is 1. The minimum atomic E-state index is -1.51. The van der Waals surface area contributed by atoms with Gasteiger partial charge in [0.25, 0.3) is 5.91 Å². The fraction of sp³-hybridized carbons (Fsp3) is 0.385. The number of amides is 2. The van der Waals surface area contributed by atoms with Crippen LogP contribution in [-0.2, 0) is 20.8 Å². The van der Waals surface area contributed by atoms with Crippen LogP contribution in [0.4, 0.5) is 5.13 Å². The number of hydrogen-bond donors (Lipinski definition) is 3. The fourth-order valence-electron chi connectivity index (χ4n) is 2.59. The summed E-state index contributed by atoms with van der Waals surface area (Å²) >= 11 is 2.49. The van der Waals surface area contributed by atoms with E-state index in [1.807, 2.05) is 0 Å². The molecule has 0 saturated carbocycles. The predicted molar refractivity (Wildman–Crippen MR) is 84.4 cm³/mol. The summed E-state index contributed by atoms with van der Waals surface area (Å²) in [7, 11) is 0. The number of aliphatic hydroxyl groups excluding tert-OH is 1. The standard InChI is InChI=1S/C13H14N4O5S2.Na/c14-13-15-6(4-24-13)1-7(19)16-8-10(20)17-9(12(21)22)5(2-18)3-23-11(8)17;/h4,8,11,18H,1-3H2,(H2,14,15)(H,16,19)(H,21,22);/q;+1/p-1/t8-,11-;/m1./s1. The molecule has 1 fully saturated rings. The first kappa shape index (κ1) is 20.2. The van der Waals surface area contributed by atoms with Crippen molar-refractivity contribution < 1.29 is 54.2 Å². The Labute approximate surface area is 172 Å². The number of nitrogens with zero attached hydrogens (tertiary/aromatic N) is 2. The second-order valence-electron chi connectivity index (χ2n) is 5.21. The topological polar surface area (TPSA) is 149 Å². The van der Waals surface area contributed by atoms with E-state index in [1.165, 1.54) is 23.1 Å². The molecular formula is C13H13N4NaO5S2. The van der Waals surface area contributed by atoms with Gasteiger partial charge in [-0.05, 0) is 5.57 Å². The Hall–Kier alpha value is -1.11. The van der Waals surface area contributed by atoms with Gasteiger partial charge in [-0.25, -0.2) is 4.98 Å². The van der Waals surface area contributed by atoms with Crippen LogP contribution in [0, 0.1) is 0 Å². The number of thiazole rings is 1. The van der Waals surface area contributed by atoms with Crippen molar-refractivity contribution in [2.24, 2.45) is 0 Å². The maximum absolute atomic E-state index is 12.2. The zero-order valence-electron chi connectivity index (χ0n) is 13.2. The van der Waals surface area contributed by atoms with Crippen LogP contribution < -0.4 is 45.7 Å². The molecule has 128 valence electrons. The van der Waals surface area contributed by atoms with Crippen molar-refractivity contribution in [3.63, 3.8) is 0 Å². The fourth-order valence-corrected chi connectivity index (χ4v) is 4.48. The van der Waals surface area contributed by atoms with Gasteiger partial charge in [0.1, 0.15) is 11.4 Å². The van der Waals surface area contributed by atoms with Crippen LogP contribution in [0.1, 0.15) is 5.69 Å². The average molecular weight is 392 g/mol. The van der Waals surface area contributed by atoms with Crippen molar-refractivity contribution in [3.8, 4) is 0 Å². The number of anilines is 1. The number of carboxylic acids is 1. The van der Waals surface area contributed by atoms with Crippen LogP contribution in [0.3, 0.4) is 0 Å². The molecule has 3 rings (SSSR count). The Kier molecular flexibility index (Phi) is 6.51. The Morgan fingerprint density at radius 2 is 2.24 bits per heavy atom. The number of aliphatic hydroxyl groups is 1. The summed E-state index contributed by atoms with van der Waals surface area (Å²) in [4.78, 5) is 40.5. The van der Waals surface area contributed by atoms with Gasteiger partial charge in [-0.3, -0.25) is 14.5 Å². The number of nitrogen functional groups attached to an aromatic ring is 1. The number of hydrogen-bond acceptors (Lipinski definition) is 9. The van der Waals surface area contributed by atoms with Gasteiger partial charge in [-0.2, -0.15) is 0 Å². The number of fused-ring (bicyclic) bond motifs is 1. The van der Waals surface area contributed by atoms with Gasteiger partial charge in [-0.15, -0.1) is 23.1 Å². The Balaban J connectivity index is 0.00000225. The van der Waals surface area contributed by atoms with Crippen LogP contribution >= 0.6 is 23.1 Å². The van der Waals surface area contributed by atoms with Gasteiger partial charge in [0.05, 0.1) is 30.4 Å². The van der Waals surface area contributed by atoms with E-state index in [9.17, 15) is 24.6 Å². The second-order valence-corrected chi connectivity index (χ2v) is 7.20. The molecule has 25 heavy (non-hydrogen) atoms. The number of carboxylic acid groups (broad SMARTS) is 1. The van der Waals surface area contributed by atoms with E-state index < -0.39 is 35.8 Å². The number of nitrogens with one attached hydrogen (secondary N) is 1. The molecule has 12 heteroatoms. The van der Waals surface area contributed by atoms with E-state index in [-0.39, 0.29) is 53.0 Å². The molecule has 1 saturated heterocycles. The number of carbonyl (C=O) groups excluding carboxylic acids is 3. The van der Waals surface area contributed by atoms with Crippen LogP contribution in [0.5, 0.6) is 0 Å². The molecule has 1 aromatic heterocycles. The summed E-state index contributed by atoms with van der Waals surface area (Å²) in [6, 6.07) is -0.812. The monoisotopic (exact) mass is 392 g/mol. The first-order valence-corrected chi connectivity index (χ1v) is 8.83. The summed E-state index contributed by atoms with van der Waals surface area (Å²) in [5.41, 5.74) is 5.93. The third-order valence-corrected chi connectivity index (χ3v) is 5.72. The van der Waals surface area contributed by atoms with E-state index in [0.29, 0.717) is 10.8 Å². The third kappa shape index (κ3) is 3.86. The predicted octanol–water partition coefficient (Wildman–Crippen LogP) is -5.33. The van der Waals surface area contributed by atoms with Gasteiger partial charge in [0, 0.05) is 11.1 Å². The maximum Gasteiger partial charge on any atom is 1.00 e. The maximum atomic E-state index is 12.2. The number of aromatic nitrogens is 1. The quantitative estimate of drug-likeness (QED) is 0.332. The Morgan fingerprint density at radius 1 is 1.52 bits per heavy atom. The van der Waals surface area contributed by atoms with E-state index in [2.05, 4.69) is 10.3 Å². The van der Waals surface area contributed by atoms with Crippen LogP contribution in [-0.4, -0.2) is 56.5 Å². The molecule has 0 aromatic carbocycles. The van der Waals surface area contributed by atoms with Crippen LogP contribution in [0.15, 0.2) is 16.7 Å². The summed E-state index contributed by atoms with van der Waals surface area (Å²) in [6.07, 6.45) is -0.0139. The van der Waals surface area contributed by atoms with Crippen molar-refractivity contribution in [3.05, 3.63) is 22.3 Å². The number of carbonyl (C=O) groups is 3. The van der Waals surface area contributed by atoms with Gasteiger partial charge in [0.2, 0.25) is 5.91 Å². The molecule has 2 amide bonds. The molecule has 0 unspecified atom stereocenters. The normalized spacial score (nSPS) is 22.0. The van der Waals surface area contributed by atoms with Crippen molar-refractivity contribution in [2.75, 3.05) is 18.1 Å². The molecule has 2 aliphatic heterocycles. The van der Waals surface area contributed by atoms with Crippen LogP contribution in [0.25, 0.3) is 0 Å². The van der Waals surface area contributed by atoms with E-state index in [0.717, 1.165) is 4.90 Å². The Morgan fingerprint density at radius 3 is 2.80 bits per heavy atom. The van der Waals surface area contributed by atoms with E-state index in [1.54, 1.807) is 5.38 Å². The first-order chi connectivity index (χ1) is 11.4. The van der Waals surface area contributed by atoms with Crippen molar-refractivity contribution in [1.82, 2.24) is 15.2 Å². The SMILES string of the molecule is Nc1nc(CC(=O)N[C@@H]2C(=O)N3C(C(=O)[O-])=C(CO)CS[C@H]23)cs1.[Na+]. The number of thioether (sulfide) groups is 1. The summed E-state index contributed by atoms with van der Waals surface area (Å²) in [6.45, 7) is -0.463. The van der Waals surface area contributed by atoms with E-state index in [4.69, 9.17) is 5.73 Å². The molecule has 9 nitrogen and oxygen atoms in total. The molecule has 1 aromatic rings. The molecule has 2 aliphatic rings. The molecule has 3 heterocycles. The molecular weight excluding hydrogens is 379 g/mol. The van der Waals surface area contributed by atoms with Crippen molar-refractivity contribution >= 4 is 46.0 Å². The summed E-state index contributed by atoms with van der Waals surface area (Å²) in [5.74, 6) is -2.20. The van der Waals surface area contributed by atoms with Gasteiger partial charge in [0.15, 0.2) is 5.13 Å². The zero-order valence-corrected chi connectivity index (χ0v) is 16.9. The second kappa shape index (κ2) is 8.06. The molecule has 0 bridgehead atoms. The summed E-state index contributed by atoms with van der Waals surface area (Å²) < 4.78 is 0. The third-order valence-electron chi connectivity index (χ3n) is 3.66. The minimum absolute atomic E-state index is 0. The van der Waals surface area contributed by atoms with Gasteiger partial charge < -0.3 is 26.1 Å². The molecule has 0 spiro atoms. The smallest absolute Gasteiger partial charge is 0.543 e. The largest absolute Gasteiger partial charge is 1.00 e. The Bertz CT molecular complexity index is 753. The van der Waals surface area contributed by atoms with Gasteiger partial charge >= 0.3 is 29.6 Å². The first-order valence-electron chi connectivity index (χ1n) is 6.90. The molecule has 2 atom stereocenters. The average Bonchev–Trinajstić information content (AvgIpc) is 2.95. The molecule has 0 radical (unpaired) electrons. The number of nitrogens with two attached hydrogens (primary N) is 1. The van der Waals surface area contributed by atoms with Crippen molar-refractivity contribution in [2.45, 2.75) is 17.8 Å². The van der Waals surface area contributed by atoms with Crippen LogP contribution in [0.2, 0.25) is 0 Å². The number of β-lactam (4-membered cyclic amide) rings is 1.